The maximum absolute atomic E-state index is 11.9. The van der Waals surface area contributed by atoms with Crippen molar-refractivity contribution in [2.45, 2.75) is 45.2 Å². The smallest absolute Gasteiger partial charge is 0.224 e. The third kappa shape index (κ3) is 4.18. The van der Waals surface area contributed by atoms with Crippen LogP contribution in [0.3, 0.4) is 0 Å². The van der Waals surface area contributed by atoms with Crippen molar-refractivity contribution in [1.29, 1.82) is 0 Å². The van der Waals surface area contributed by atoms with Gasteiger partial charge in [-0.15, -0.1) is 0 Å². The van der Waals surface area contributed by atoms with Gasteiger partial charge in [-0.1, -0.05) is 6.92 Å². The second-order valence-corrected chi connectivity index (χ2v) is 4.20. The van der Waals surface area contributed by atoms with Crippen LogP contribution in [-0.2, 0) is 4.79 Å². The van der Waals surface area contributed by atoms with Gasteiger partial charge in [-0.25, -0.2) is 0 Å². The number of carbonyl (C=O) groups is 1. The van der Waals surface area contributed by atoms with Crippen LogP contribution in [0.4, 0.5) is 0 Å². The van der Waals surface area contributed by atoms with E-state index in [9.17, 15) is 4.79 Å². The summed E-state index contributed by atoms with van der Waals surface area (Å²) in [6, 6.07) is 0.626. The molecule has 1 saturated carbocycles. The molecule has 0 heterocycles. The predicted molar refractivity (Wildman–Crippen MR) is 59.6 cm³/mol. The minimum atomic E-state index is 0.0673. The van der Waals surface area contributed by atoms with E-state index < -0.39 is 0 Å². The number of carbonyl (C=O) groups excluding carboxylic acids is 1. The monoisotopic (exact) mass is 214 g/mol. The molecule has 0 radical (unpaired) electrons. The summed E-state index contributed by atoms with van der Waals surface area (Å²) < 4.78 is 0. The van der Waals surface area contributed by atoms with E-state index in [-0.39, 0.29) is 18.6 Å². The lowest BCUT2D eigenvalue weighted by atomic mass is 10.2. The lowest BCUT2D eigenvalue weighted by Gasteiger charge is -2.23. The van der Waals surface area contributed by atoms with Crippen LogP contribution in [-0.4, -0.2) is 47.7 Å². The van der Waals surface area contributed by atoms with Crippen molar-refractivity contribution in [2.24, 2.45) is 0 Å². The summed E-state index contributed by atoms with van der Waals surface area (Å²) in [6.45, 7) is 5.50. The van der Waals surface area contributed by atoms with Gasteiger partial charge in [0.15, 0.2) is 0 Å². The number of aliphatic hydroxyl groups excluding tert-OH is 1. The first-order chi connectivity index (χ1) is 7.19. The zero-order valence-corrected chi connectivity index (χ0v) is 9.70. The van der Waals surface area contributed by atoms with Gasteiger partial charge in [0.1, 0.15) is 0 Å². The number of nitrogens with zero attached hydrogens (tertiary/aromatic N) is 1. The molecule has 1 aliphatic rings. The van der Waals surface area contributed by atoms with Gasteiger partial charge in [0.2, 0.25) is 5.91 Å². The minimum Gasteiger partial charge on any atom is -0.395 e. The highest BCUT2D eigenvalue weighted by atomic mass is 16.3. The highest BCUT2D eigenvalue weighted by molar-refractivity contribution is 5.77. The van der Waals surface area contributed by atoms with Crippen molar-refractivity contribution >= 4 is 5.91 Å². The Kier molecular flexibility index (Phi) is 5.05. The zero-order chi connectivity index (χ0) is 11.3. The standard InChI is InChI=1S/C11H22N2O2/c1-3-12-9(2)8-11(15)13(6-7-14)10-4-5-10/h9-10,12,14H,3-8H2,1-2H3. The molecule has 1 atom stereocenters. The van der Waals surface area contributed by atoms with E-state index >= 15 is 0 Å². The molecule has 0 saturated heterocycles. The molecule has 1 unspecified atom stereocenters. The average Bonchev–Trinajstić information content (AvgIpc) is 2.97. The van der Waals surface area contributed by atoms with E-state index in [1.165, 1.54) is 0 Å². The van der Waals surface area contributed by atoms with Crippen LogP contribution in [0.25, 0.3) is 0 Å². The van der Waals surface area contributed by atoms with Gasteiger partial charge in [0, 0.05) is 25.0 Å². The molecular weight excluding hydrogens is 192 g/mol. The Hall–Kier alpha value is -0.610. The van der Waals surface area contributed by atoms with Crippen molar-refractivity contribution in [3.8, 4) is 0 Å². The number of aliphatic hydroxyl groups is 1. The molecule has 0 bridgehead atoms. The van der Waals surface area contributed by atoms with E-state index in [4.69, 9.17) is 5.11 Å². The Balaban J connectivity index is 2.34. The highest BCUT2D eigenvalue weighted by Crippen LogP contribution is 2.27. The largest absolute Gasteiger partial charge is 0.395 e. The maximum Gasteiger partial charge on any atom is 0.224 e. The van der Waals surface area contributed by atoms with Gasteiger partial charge in [-0.3, -0.25) is 4.79 Å². The van der Waals surface area contributed by atoms with Crippen LogP contribution in [0.2, 0.25) is 0 Å². The molecule has 0 spiro atoms. The molecule has 4 nitrogen and oxygen atoms in total. The Labute approximate surface area is 91.6 Å². The maximum atomic E-state index is 11.9. The van der Waals surface area contributed by atoms with Gasteiger partial charge in [-0.2, -0.15) is 0 Å². The Bertz CT molecular complexity index is 205. The van der Waals surface area contributed by atoms with Crippen LogP contribution in [0.1, 0.15) is 33.1 Å². The van der Waals surface area contributed by atoms with Crippen LogP contribution < -0.4 is 5.32 Å². The van der Waals surface area contributed by atoms with Crippen LogP contribution >= 0.6 is 0 Å². The normalized spacial score (nSPS) is 17.5. The van der Waals surface area contributed by atoms with Gasteiger partial charge in [-0.05, 0) is 26.3 Å². The molecule has 1 amide bonds. The molecule has 0 aromatic rings. The lowest BCUT2D eigenvalue weighted by molar-refractivity contribution is -0.132. The number of hydrogen-bond donors (Lipinski definition) is 2. The molecular formula is C11H22N2O2. The Morgan fingerprint density at radius 2 is 2.27 bits per heavy atom. The molecule has 0 aromatic heterocycles. The van der Waals surface area contributed by atoms with Crippen molar-refractivity contribution in [3.63, 3.8) is 0 Å². The molecule has 4 heteroatoms. The summed E-state index contributed by atoms with van der Waals surface area (Å²) in [6.07, 6.45) is 2.73. The number of nitrogens with one attached hydrogen (secondary N) is 1. The average molecular weight is 214 g/mol. The highest BCUT2D eigenvalue weighted by Gasteiger charge is 2.32. The Morgan fingerprint density at radius 1 is 1.60 bits per heavy atom. The lowest BCUT2D eigenvalue weighted by Crippen LogP contribution is -2.39. The molecule has 1 fully saturated rings. The molecule has 88 valence electrons. The Morgan fingerprint density at radius 3 is 2.73 bits per heavy atom. The summed E-state index contributed by atoms with van der Waals surface area (Å²) in [5, 5.41) is 12.1. The van der Waals surface area contributed by atoms with Crippen molar-refractivity contribution in [2.75, 3.05) is 19.7 Å². The first-order valence-electron chi connectivity index (χ1n) is 5.82. The van der Waals surface area contributed by atoms with Gasteiger partial charge in [0.05, 0.1) is 6.61 Å². The summed E-state index contributed by atoms with van der Waals surface area (Å²) in [5.41, 5.74) is 0. The van der Waals surface area contributed by atoms with Crippen molar-refractivity contribution in [3.05, 3.63) is 0 Å². The first-order valence-corrected chi connectivity index (χ1v) is 5.82. The van der Waals surface area contributed by atoms with Crippen LogP contribution in [0.5, 0.6) is 0 Å². The van der Waals surface area contributed by atoms with E-state index in [2.05, 4.69) is 5.32 Å². The quantitative estimate of drug-likeness (QED) is 0.643. The molecule has 0 aromatic carbocycles. The zero-order valence-electron chi connectivity index (χ0n) is 9.70. The summed E-state index contributed by atoms with van der Waals surface area (Å²) in [5.74, 6) is 0.167. The molecule has 15 heavy (non-hydrogen) atoms. The van der Waals surface area contributed by atoms with E-state index in [0.717, 1.165) is 19.4 Å². The number of hydrogen-bond acceptors (Lipinski definition) is 3. The summed E-state index contributed by atoms with van der Waals surface area (Å²) in [7, 11) is 0. The minimum absolute atomic E-state index is 0.0673. The van der Waals surface area contributed by atoms with E-state index in [1.54, 1.807) is 0 Å². The van der Waals surface area contributed by atoms with Crippen LogP contribution in [0, 0.1) is 0 Å². The van der Waals surface area contributed by atoms with Crippen LogP contribution in [0.15, 0.2) is 0 Å². The number of amides is 1. The molecule has 1 rings (SSSR count). The fourth-order valence-electron chi connectivity index (χ4n) is 1.80. The van der Waals surface area contributed by atoms with Gasteiger partial charge >= 0.3 is 0 Å². The fraction of sp³-hybridized carbons (Fsp3) is 0.909. The first kappa shape index (κ1) is 12.5. The fourth-order valence-corrected chi connectivity index (χ4v) is 1.80. The molecule has 0 aliphatic heterocycles. The topological polar surface area (TPSA) is 52.6 Å². The molecule has 2 N–H and O–H groups in total. The van der Waals surface area contributed by atoms with Crippen molar-refractivity contribution < 1.29 is 9.90 Å². The molecule has 1 aliphatic carbocycles. The van der Waals surface area contributed by atoms with Gasteiger partial charge in [0.25, 0.3) is 0 Å². The number of rotatable bonds is 7. The third-order valence-electron chi connectivity index (χ3n) is 2.68. The van der Waals surface area contributed by atoms with Gasteiger partial charge < -0.3 is 15.3 Å². The van der Waals surface area contributed by atoms with E-state index in [0.29, 0.717) is 19.0 Å². The third-order valence-corrected chi connectivity index (χ3v) is 2.68. The summed E-state index contributed by atoms with van der Waals surface area (Å²) >= 11 is 0. The second kappa shape index (κ2) is 6.08. The predicted octanol–water partition coefficient (Wildman–Crippen LogP) is 0.358. The van der Waals surface area contributed by atoms with Crippen molar-refractivity contribution in [1.82, 2.24) is 10.2 Å². The SMILES string of the molecule is CCNC(C)CC(=O)N(CCO)C1CC1. The van der Waals surface area contributed by atoms with E-state index in [1.807, 2.05) is 18.7 Å². The summed E-state index contributed by atoms with van der Waals surface area (Å²) in [4.78, 5) is 13.7. The second-order valence-electron chi connectivity index (χ2n) is 4.20.